The van der Waals surface area contributed by atoms with Crippen molar-refractivity contribution in [3.8, 4) is 11.5 Å². The maximum Gasteiger partial charge on any atom is 0.238 e. The largest absolute Gasteiger partial charge is 0.503 e. The van der Waals surface area contributed by atoms with E-state index in [4.69, 9.17) is 16.3 Å². The second kappa shape index (κ2) is 11.1. The fourth-order valence-corrected chi connectivity index (χ4v) is 8.14. The number of carbonyl (C=O) groups is 4. The van der Waals surface area contributed by atoms with Crippen molar-refractivity contribution in [1.82, 2.24) is 0 Å². The number of nitrogens with zero attached hydrogens (tertiary/aromatic N) is 2. The fraction of sp³-hybridized carbons (Fsp3) is 0.243. The molecule has 2 aliphatic heterocycles. The second-order valence-electron chi connectivity index (χ2n) is 12.2. The van der Waals surface area contributed by atoms with Gasteiger partial charge in [0.05, 0.1) is 47.2 Å². The molecular weight excluding hydrogens is 604 g/mol. The fourth-order valence-electron chi connectivity index (χ4n) is 7.92. The summed E-state index contributed by atoms with van der Waals surface area (Å²) in [6.45, 7) is 7.55. The summed E-state index contributed by atoms with van der Waals surface area (Å²) in [5, 5.41) is 10.6. The summed E-state index contributed by atoms with van der Waals surface area (Å²) in [5.41, 5.74) is 4.05. The number of aromatic hydroxyl groups is 1. The molecule has 232 valence electrons. The maximum atomic E-state index is 14.3. The Bertz CT molecular complexity index is 1860. The Hall–Kier alpha value is -4.95. The van der Waals surface area contributed by atoms with Crippen LogP contribution < -0.4 is 14.5 Å². The first-order valence-corrected chi connectivity index (χ1v) is 15.5. The number of amides is 4. The van der Waals surface area contributed by atoms with E-state index in [1.54, 1.807) is 72.8 Å². The third-order valence-corrected chi connectivity index (χ3v) is 10.3. The molecule has 0 bridgehead atoms. The number of methoxy groups -OCH3 is 1. The van der Waals surface area contributed by atoms with E-state index in [-0.39, 0.29) is 46.6 Å². The van der Waals surface area contributed by atoms with Crippen molar-refractivity contribution >= 4 is 58.8 Å². The van der Waals surface area contributed by atoms with E-state index in [2.05, 4.69) is 13.2 Å². The van der Waals surface area contributed by atoms with Gasteiger partial charge in [0.25, 0.3) is 0 Å². The summed E-state index contributed by atoms with van der Waals surface area (Å²) in [5.74, 6) is -5.35. The Morgan fingerprint density at radius 2 is 1.33 bits per heavy atom. The molecule has 4 aliphatic rings. The Kier molecular flexibility index (Phi) is 7.20. The number of hydrogen-bond donors (Lipinski definition) is 1. The van der Waals surface area contributed by atoms with E-state index in [1.165, 1.54) is 16.9 Å². The average molecular weight is 635 g/mol. The minimum absolute atomic E-state index is 0.0391. The number of ether oxygens (including phenoxy) is 1. The van der Waals surface area contributed by atoms with Crippen LogP contribution in [0, 0.1) is 29.6 Å². The monoisotopic (exact) mass is 634 g/mol. The molecule has 1 saturated carbocycles. The zero-order chi connectivity index (χ0) is 32.4. The van der Waals surface area contributed by atoms with Crippen LogP contribution in [0.4, 0.5) is 11.4 Å². The molecule has 6 unspecified atom stereocenters. The predicted octanol–water partition coefficient (Wildman–Crippen LogP) is 6.39. The Balaban J connectivity index is 1.34. The molecule has 6 atom stereocenters. The molecule has 4 amide bonds. The first kappa shape index (κ1) is 29.7. The van der Waals surface area contributed by atoms with Gasteiger partial charge in [-0.3, -0.25) is 29.0 Å². The zero-order valence-corrected chi connectivity index (χ0v) is 25.8. The van der Waals surface area contributed by atoms with Gasteiger partial charge >= 0.3 is 0 Å². The number of allylic oxidation sites excluding steroid dienone is 2. The van der Waals surface area contributed by atoms with Crippen LogP contribution in [-0.2, 0) is 19.2 Å². The molecule has 8 nitrogen and oxygen atoms in total. The molecule has 2 aliphatic carbocycles. The van der Waals surface area contributed by atoms with Gasteiger partial charge in [-0.2, -0.15) is 0 Å². The van der Waals surface area contributed by atoms with Crippen molar-refractivity contribution in [3.05, 3.63) is 107 Å². The minimum atomic E-state index is -0.786. The Morgan fingerprint density at radius 3 is 1.87 bits per heavy atom. The van der Waals surface area contributed by atoms with Crippen molar-refractivity contribution in [1.29, 1.82) is 0 Å². The van der Waals surface area contributed by atoms with Gasteiger partial charge < -0.3 is 9.84 Å². The van der Waals surface area contributed by atoms with Crippen LogP contribution in [0.3, 0.4) is 0 Å². The second-order valence-corrected chi connectivity index (χ2v) is 12.6. The first-order chi connectivity index (χ1) is 22.2. The molecular formula is C37H31ClN2O6. The quantitative estimate of drug-likeness (QED) is 0.249. The van der Waals surface area contributed by atoms with Crippen LogP contribution in [-0.4, -0.2) is 35.8 Å². The van der Waals surface area contributed by atoms with Crippen molar-refractivity contribution < 1.29 is 29.0 Å². The summed E-state index contributed by atoms with van der Waals surface area (Å²) >= 11 is 6.46. The summed E-state index contributed by atoms with van der Waals surface area (Å²) in [4.78, 5) is 59.0. The molecule has 3 aromatic rings. The van der Waals surface area contributed by atoms with E-state index >= 15 is 0 Å². The molecule has 2 heterocycles. The molecule has 46 heavy (non-hydrogen) atoms. The normalized spacial score (nSPS) is 26.8. The molecule has 3 fully saturated rings. The van der Waals surface area contributed by atoms with Gasteiger partial charge in [-0.25, -0.2) is 0 Å². The van der Waals surface area contributed by atoms with Crippen LogP contribution in [0.25, 0.3) is 12.2 Å². The predicted molar refractivity (Wildman–Crippen MR) is 175 cm³/mol. The van der Waals surface area contributed by atoms with Gasteiger partial charge in [-0.1, -0.05) is 72.8 Å². The number of rotatable bonds is 6. The van der Waals surface area contributed by atoms with Crippen molar-refractivity contribution in [2.75, 3.05) is 16.9 Å². The van der Waals surface area contributed by atoms with E-state index in [1.807, 2.05) is 6.08 Å². The number of phenols is 1. The molecule has 1 N–H and O–H groups in total. The summed E-state index contributed by atoms with van der Waals surface area (Å²) < 4.78 is 5.41. The van der Waals surface area contributed by atoms with E-state index in [9.17, 15) is 24.3 Å². The SMILES string of the molecule is C=Cc1ccc(N2C(=O)C3CC=C4C(CC5C(=O)N(c6ccc(C=C)cc6)C(=O)C5C4c4cc(Cl)c(O)c(OC)c4)C3C2=O)cc1. The average Bonchev–Trinajstić information content (AvgIpc) is 3.48. The number of anilines is 2. The smallest absolute Gasteiger partial charge is 0.238 e. The lowest BCUT2D eigenvalue weighted by Crippen LogP contribution is -2.43. The molecule has 7 rings (SSSR count). The Morgan fingerprint density at radius 1 is 0.783 bits per heavy atom. The molecule has 0 spiro atoms. The van der Waals surface area contributed by atoms with E-state index in [0.29, 0.717) is 23.4 Å². The van der Waals surface area contributed by atoms with Crippen molar-refractivity contribution in [2.45, 2.75) is 18.8 Å². The molecule has 0 aromatic heterocycles. The van der Waals surface area contributed by atoms with Gasteiger partial charge in [0.1, 0.15) is 0 Å². The van der Waals surface area contributed by atoms with Crippen molar-refractivity contribution in [3.63, 3.8) is 0 Å². The molecule has 9 heteroatoms. The van der Waals surface area contributed by atoms with Gasteiger partial charge in [-0.05, 0) is 71.8 Å². The maximum absolute atomic E-state index is 14.3. The highest BCUT2D eigenvalue weighted by atomic mass is 35.5. The summed E-state index contributed by atoms with van der Waals surface area (Å²) in [6.07, 6.45) is 5.89. The third-order valence-electron chi connectivity index (χ3n) is 10.1. The number of hydrogen-bond acceptors (Lipinski definition) is 6. The van der Waals surface area contributed by atoms with Gasteiger partial charge in [-0.15, -0.1) is 0 Å². The van der Waals surface area contributed by atoms with E-state index < -0.39 is 35.5 Å². The number of benzene rings is 3. The number of carbonyl (C=O) groups excluding carboxylic acids is 4. The molecule has 3 aromatic carbocycles. The van der Waals surface area contributed by atoms with Crippen LogP contribution >= 0.6 is 11.6 Å². The summed E-state index contributed by atoms with van der Waals surface area (Å²) in [7, 11) is 1.41. The summed E-state index contributed by atoms with van der Waals surface area (Å²) in [6, 6.07) is 17.3. The Labute approximate surface area is 271 Å². The van der Waals surface area contributed by atoms with Gasteiger partial charge in [0, 0.05) is 5.92 Å². The van der Waals surface area contributed by atoms with Crippen LogP contribution in [0.1, 0.15) is 35.4 Å². The number of phenolic OH excluding ortho intramolecular Hbond substituents is 1. The van der Waals surface area contributed by atoms with Gasteiger partial charge in [0.15, 0.2) is 11.5 Å². The third kappa shape index (κ3) is 4.35. The topological polar surface area (TPSA) is 104 Å². The minimum Gasteiger partial charge on any atom is -0.503 e. The zero-order valence-electron chi connectivity index (χ0n) is 25.1. The van der Waals surface area contributed by atoms with Crippen LogP contribution in [0.2, 0.25) is 5.02 Å². The lowest BCUT2D eigenvalue weighted by molar-refractivity contribution is -0.126. The standard InChI is InChI=1S/C37H31ClN2O6/c1-4-19-6-10-22(11-7-19)39-34(42)25-15-14-24-26(31(25)36(39)44)18-27-32(30(24)21-16-28(38)33(41)29(17-21)46-3)37(45)40(35(27)43)23-12-8-20(5-2)9-13-23/h4-14,16-17,25-27,30-32,41H,1-2,15,18H2,3H3. The highest BCUT2D eigenvalue weighted by molar-refractivity contribution is 6.32. The highest BCUT2D eigenvalue weighted by Gasteiger charge is 2.62. The van der Waals surface area contributed by atoms with E-state index in [0.717, 1.165) is 16.7 Å². The lowest BCUT2D eigenvalue weighted by atomic mass is 9.57. The van der Waals surface area contributed by atoms with Crippen LogP contribution in [0.5, 0.6) is 11.5 Å². The van der Waals surface area contributed by atoms with Crippen molar-refractivity contribution in [2.24, 2.45) is 29.6 Å². The lowest BCUT2D eigenvalue weighted by Gasteiger charge is -2.44. The first-order valence-electron chi connectivity index (χ1n) is 15.2. The number of imide groups is 2. The molecule has 0 radical (unpaired) electrons. The number of halogens is 1. The number of fused-ring (bicyclic) bond motifs is 4. The van der Waals surface area contributed by atoms with Crippen LogP contribution in [0.15, 0.2) is 85.5 Å². The highest BCUT2D eigenvalue weighted by Crippen LogP contribution is 2.59. The molecule has 2 saturated heterocycles. The van der Waals surface area contributed by atoms with Gasteiger partial charge in [0.2, 0.25) is 23.6 Å².